The normalized spacial score (nSPS) is 41.8. The molecule has 4 saturated carbocycles. The molecule has 39 heavy (non-hydrogen) atoms. The molecule has 4 aliphatic carbocycles. The van der Waals surface area contributed by atoms with E-state index in [1.807, 2.05) is 6.92 Å². The number of hydrogen-bond acceptors (Lipinski definition) is 5. The second kappa shape index (κ2) is 9.89. The van der Waals surface area contributed by atoms with Gasteiger partial charge in [-0.15, -0.1) is 6.58 Å². The smallest absolute Gasteiger partial charge is 0.309 e. The molecule has 0 aromatic carbocycles. The molecule has 8 atom stereocenters. The van der Waals surface area contributed by atoms with E-state index in [1.165, 1.54) is 25.7 Å². The third-order valence-corrected chi connectivity index (χ3v) is 12.6. The Labute approximate surface area is 235 Å². The molecule has 212 valence electrons. The van der Waals surface area contributed by atoms with Crippen molar-refractivity contribution in [2.75, 3.05) is 11.4 Å². The minimum atomic E-state index is -0.509. The molecule has 1 aliphatic heterocycles. The van der Waals surface area contributed by atoms with Crippen LogP contribution < -0.4 is 4.90 Å². The van der Waals surface area contributed by atoms with E-state index >= 15 is 0 Å². The zero-order valence-electron chi connectivity index (χ0n) is 24.7. The van der Waals surface area contributed by atoms with Gasteiger partial charge in [0.1, 0.15) is 6.07 Å². The van der Waals surface area contributed by atoms with E-state index in [0.717, 1.165) is 51.0 Å². The number of anilines is 1. The molecule has 6 rings (SSSR count). The number of fused-ring (bicyclic) bond motifs is 7. The number of piperidine rings is 1. The summed E-state index contributed by atoms with van der Waals surface area (Å²) in [5.41, 5.74) is 0.590. The van der Waals surface area contributed by atoms with Gasteiger partial charge in [0.2, 0.25) is 5.95 Å². The summed E-state index contributed by atoms with van der Waals surface area (Å²) in [4.78, 5) is 24.0. The van der Waals surface area contributed by atoms with E-state index < -0.39 is 11.4 Å². The summed E-state index contributed by atoms with van der Waals surface area (Å²) in [6.45, 7) is 16.1. The minimum Gasteiger partial charge on any atom is -0.481 e. The van der Waals surface area contributed by atoms with E-state index in [9.17, 15) is 9.90 Å². The molecule has 6 heteroatoms. The van der Waals surface area contributed by atoms with Gasteiger partial charge in [-0.05, 0) is 119 Å². The number of nitriles is 1. The van der Waals surface area contributed by atoms with Crippen LogP contribution in [0, 0.1) is 57.2 Å². The highest BCUT2D eigenvalue weighted by molar-refractivity contribution is 5.75. The van der Waals surface area contributed by atoms with Crippen molar-refractivity contribution in [1.82, 2.24) is 9.97 Å². The maximum absolute atomic E-state index is 12.5. The van der Waals surface area contributed by atoms with E-state index in [1.54, 1.807) is 18.5 Å². The second-order valence-electron chi connectivity index (χ2n) is 14.3. The molecule has 2 heterocycles. The predicted octanol–water partition coefficient (Wildman–Crippen LogP) is 7.26. The van der Waals surface area contributed by atoms with Crippen molar-refractivity contribution in [2.45, 2.75) is 104 Å². The number of carboxylic acid groups (broad SMARTS) is 1. The minimum absolute atomic E-state index is 0.0597. The van der Waals surface area contributed by atoms with Crippen LogP contribution in [-0.4, -0.2) is 33.1 Å². The molecule has 0 amide bonds. The van der Waals surface area contributed by atoms with Crippen molar-refractivity contribution >= 4 is 11.9 Å². The average molecular weight is 533 g/mol. The molecule has 1 aromatic heterocycles. The Hall–Kier alpha value is -2.42. The van der Waals surface area contributed by atoms with Crippen LogP contribution in [0.5, 0.6) is 0 Å². The average Bonchev–Trinajstić information content (AvgIpc) is 3.35. The fraction of sp³-hybridized carbons (Fsp3) is 0.758. The summed E-state index contributed by atoms with van der Waals surface area (Å²) in [7, 11) is 0. The molecule has 0 radical (unpaired) electrons. The molecule has 0 spiro atoms. The highest BCUT2D eigenvalue weighted by Gasteiger charge is 2.67. The van der Waals surface area contributed by atoms with Crippen LogP contribution in [0.4, 0.5) is 5.95 Å². The number of rotatable bonds is 2. The first-order chi connectivity index (χ1) is 18.5. The quantitative estimate of drug-likeness (QED) is 0.403. The van der Waals surface area contributed by atoms with Crippen LogP contribution in [0.1, 0.15) is 104 Å². The third-order valence-electron chi connectivity index (χ3n) is 12.6. The van der Waals surface area contributed by atoms with Crippen molar-refractivity contribution in [2.24, 2.45) is 45.8 Å². The number of aromatic nitrogens is 2. The fourth-order valence-corrected chi connectivity index (χ4v) is 11.2. The van der Waals surface area contributed by atoms with Crippen LogP contribution in [0.2, 0.25) is 0 Å². The maximum atomic E-state index is 12.5. The van der Waals surface area contributed by atoms with Crippen LogP contribution >= 0.6 is 0 Å². The largest absolute Gasteiger partial charge is 0.481 e. The molecule has 6 nitrogen and oxygen atoms in total. The molecule has 7 unspecified atom stereocenters. The SMILES string of the molecule is C=CC.CC12CCC3C(C)(CCN(c4ncc(C#N)cn4)C3(C)C)C1CCC1C2CCC2(C(=O)O)CCC[C@H]12. The van der Waals surface area contributed by atoms with Crippen molar-refractivity contribution in [1.29, 1.82) is 5.26 Å². The number of hydrogen-bond donors (Lipinski definition) is 1. The number of nitrogens with zero attached hydrogens (tertiary/aromatic N) is 4. The fourth-order valence-electron chi connectivity index (χ4n) is 11.2. The topological polar surface area (TPSA) is 90.1 Å². The Balaban J connectivity index is 0.000000983. The lowest BCUT2D eigenvalue weighted by atomic mass is 9.38. The molecule has 0 bridgehead atoms. The lowest BCUT2D eigenvalue weighted by Gasteiger charge is -2.69. The zero-order chi connectivity index (χ0) is 28.2. The van der Waals surface area contributed by atoms with Crippen molar-refractivity contribution in [3.63, 3.8) is 0 Å². The van der Waals surface area contributed by atoms with Gasteiger partial charge < -0.3 is 10.0 Å². The van der Waals surface area contributed by atoms with E-state index in [0.29, 0.717) is 40.6 Å². The standard InChI is InChI=1S/C30H42N4O2.C3H6/c1-27(2)23-10-12-28(3)21-9-13-30(25(35)36)11-5-6-22(30)20(21)7-8-24(28)29(23,4)14-15-34(27)26-32-17-19(16-31)18-33-26;1-3-2/h17-18,20-24H,5-15H2,1-4H3,(H,35,36);3H,1H2,2H3/t20?,21?,22-,23?,24?,28?,29?,30?;/m1./s1. The van der Waals surface area contributed by atoms with Crippen LogP contribution in [0.15, 0.2) is 25.0 Å². The first-order valence-electron chi connectivity index (χ1n) is 15.3. The van der Waals surface area contributed by atoms with Gasteiger partial charge in [0.15, 0.2) is 0 Å². The third kappa shape index (κ3) is 4.05. The highest BCUT2D eigenvalue weighted by Crippen LogP contribution is 2.71. The maximum Gasteiger partial charge on any atom is 0.309 e. The van der Waals surface area contributed by atoms with E-state index in [-0.39, 0.29) is 11.0 Å². The summed E-state index contributed by atoms with van der Waals surface area (Å²) in [6, 6.07) is 2.13. The molecule has 5 aliphatic rings. The van der Waals surface area contributed by atoms with Crippen LogP contribution in [0.25, 0.3) is 0 Å². The van der Waals surface area contributed by atoms with Crippen molar-refractivity contribution in [3.05, 3.63) is 30.6 Å². The Morgan fingerprint density at radius 3 is 2.33 bits per heavy atom. The van der Waals surface area contributed by atoms with Gasteiger partial charge in [-0.3, -0.25) is 4.79 Å². The van der Waals surface area contributed by atoms with Gasteiger partial charge in [0, 0.05) is 12.1 Å². The van der Waals surface area contributed by atoms with Gasteiger partial charge in [-0.2, -0.15) is 5.26 Å². The van der Waals surface area contributed by atoms with Gasteiger partial charge in [0.25, 0.3) is 0 Å². The Bertz CT molecular complexity index is 1140. The first kappa shape index (κ1) is 28.1. The summed E-state index contributed by atoms with van der Waals surface area (Å²) < 4.78 is 0. The summed E-state index contributed by atoms with van der Waals surface area (Å²) >= 11 is 0. The lowest BCUT2D eigenvalue weighted by Crippen LogP contribution is -2.68. The Kier molecular flexibility index (Phi) is 7.13. The molecular formula is C33H48N4O2. The van der Waals surface area contributed by atoms with Gasteiger partial charge in [-0.1, -0.05) is 26.3 Å². The summed E-state index contributed by atoms with van der Waals surface area (Å²) in [6.07, 6.45) is 16.2. The zero-order valence-corrected chi connectivity index (χ0v) is 24.7. The Morgan fingerprint density at radius 1 is 1.00 bits per heavy atom. The Morgan fingerprint density at radius 2 is 1.69 bits per heavy atom. The molecular weight excluding hydrogens is 484 g/mol. The number of aliphatic carboxylic acids is 1. The second-order valence-corrected chi connectivity index (χ2v) is 14.3. The van der Waals surface area contributed by atoms with Gasteiger partial charge >= 0.3 is 5.97 Å². The van der Waals surface area contributed by atoms with Gasteiger partial charge in [-0.25, -0.2) is 9.97 Å². The number of allylic oxidation sites excluding steroid dienone is 1. The van der Waals surface area contributed by atoms with Gasteiger partial charge in [0.05, 0.1) is 23.4 Å². The summed E-state index contributed by atoms with van der Waals surface area (Å²) in [5.74, 6) is 3.14. The van der Waals surface area contributed by atoms with Crippen molar-refractivity contribution in [3.8, 4) is 6.07 Å². The van der Waals surface area contributed by atoms with Crippen molar-refractivity contribution < 1.29 is 9.90 Å². The lowest BCUT2D eigenvalue weighted by molar-refractivity contribution is -0.190. The number of carboxylic acids is 1. The number of carbonyl (C=O) groups is 1. The highest BCUT2D eigenvalue weighted by atomic mass is 16.4. The molecule has 5 fully saturated rings. The summed E-state index contributed by atoms with van der Waals surface area (Å²) in [5, 5.41) is 19.4. The molecule has 1 saturated heterocycles. The van der Waals surface area contributed by atoms with E-state index in [4.69, 9.17) is 5.26 Å². The molecule has 1 N–H and O–H groups in total. The van der Waals surface area contributed by atoms with Crippen LogP contribution in [-0.2, 0) is 4.79 Å². The molecule has 1 aromatic rings. The monoisotopic (exact) mass is 532 g/mol. The van der Waals surface area contributed by atoms with Crippen LogP contribution in [0.3, 0.4) is 0 Å². The van der Waals surface area contributed by atoms with E-state index in [2.05, 4.69) is 55.2 Å². The first-order valence-corrected chi connectivity index (χ1v) is 15.3. The predicted molar refractivity (Wildman–Crippen MR) is 154 cm³/mol.